The Kier molecular flexibility index (Phi) is 4.06. The van der Waals surface area contributed by atoms with Gasteiger partial charge in [-0.2, -0.15) is 0 Å². The number of hydrogen-bond acceptors (Lipinski definition) is 1. The van der Waals surface area contributed by atoms with Crippen LogP contribution < -0.4 is 0 Å². The van der Waals surface area contributed by atoms with E-state index >= 15 is 0 Å². The Morgan fingerprint density at radius 2 is 1.58 bits per heavy atom. The summed E-state index contributed by atoms with van der Waals surface area (Å²) in [6.45, 7) is 9.09. The van der Waals surface area contributed by atoms with Crippen molar-refractivity contribution >= 4 is 0 Å². The molecule has 0 bridgehead atoms. The topological polar surface area (TPSA) is 9.23 Å². The zero-order chi connectivity index (χ0) is 13.9. The molecule has 0 amide bonds. The zero-order valence-electron chi connectivity index (χ0n) is 12.2. The minimum atomic E-state index is -0.102. The van der Waals surface area contributed by atoms with Crippen LogP contribution >= 0.6 is 0 Å². The molecule has 0 aromatic heterocycles. The predicted molar refractivity (Wildman–Crippen MR) is 81.2 cm³/mol. The van der Waals surface area contributed by atoms with Gasteiger partial charge in [-0.15, -0.1) is 0 Å². The summed E-state index contributed by atoms with van der Waals surface area (Å²) in [6, 6.07) is 16.9. The molecule has 0 fully saturated rings. The normalized spacial score (nSPS) is 11.6. The van der Waals surface area contributed by atoms with Gasteiger partial charge in [0.25, 0.3) is 0 Å². The van der Waals surface area contributed by atoms with Crippen molar-refractivity contribution < 1.29 is 4.74 Å². The summed E-state index contributed by atoms with van der Waals surface area (Å²) in [4.78, 5) is 0. The summed E-state index contributed by atoms with van der Waals surface area (Å²) < 4.78 is 5.89. The number of ether oxygens (including phenoxy) is 1. The molecule has 0 aliphatic heterocycles. The van der Waals surface area contributed by atoms with E-state index in [4.69, 9.17) is 4.74 Å². The Bertz CT molecular complexity index is 535. The molecule has 0 spiro atoms. The van der Waals surface area contributed by atoms with Crippen molar-refractivity contribution in [3.63, 3.8) is 0 Å². The lowest BCUT2D eigenvalue weighted by molar-refractivity contribution is -0.0151. The molecule has 0 unspecified atom stereocenters. The molecule has 1 heteroatoms. The molecular formula is C18H22O. The summed E-state index contributed by atoms with van der Waals surface area (Å²) in [5, 5.41) is 0. The highest BCUT2D eigenvalue weighted by Gasteiger charge is 2.12. The largest absolute Gasteiger partial charge is 0.371 e. The van der Waals surface area contributed by atoms with Crippen LogP contribution in [0.3, 0.4) is 0 Å². The first-order valence-electron chi connectivity index (χ1n) is 6.75. The van der Waals surface area contributed by atoms with Crippen molar-refractivity contribution in [3.05, 3.63) is 59.7 Å². The Hall–Kier alpha value is -1.60. The van der Waals surface area contributed by atoms with Crippen LogP contribution in [0.1, 0.15) is 31.9 Å². The number of rotatable bonds is 3. The van der Waals surface area contributed by atoms with Gasteiger partial charge in [-0.25, -0.2) is 0 Å². The van der Waals surface area contributed by atoms with Crippen molar-refractivity contribution in [3.8, 4) is 11.1 Å². The van der Waals surface area contributed by atoms with E-state index in [-0.39, 0.29) is 5.60 Å². The van der Waals surface area contributed by atoms with Crippen molar-refractivity contribution in [1.29, 1.82) is 0 Å². The highest BCUT2D eigenvalue weighted by Crippen LogP contribution is 2.26. The van der Waals surface area contributed by atoms with E-state index in [1.807, 2.05) is 6.07 Å². The second-order valence-corrected chi connectivity index (χ2v) is 5.86. The first-order chi connectivity index (χ1) is 8.97. The molecule has 0 N–H and O–H groups in total. The molecule has 2 rings (SSSR count). The molecule has 0 radical (unpaired) electrons. The van der Waals surface area contributed by atoms with Crippen LogP contribution in [0.25, 0.3) is 11.1 Å². The van der Waals surface area contributed by atoms with E-state index in [9.17, 15) is 0 Å². The van der Waals surface area contributed by atoms with Crippen LogP contribution in [0.4, 0.5) is 0 Å². The van der Waals surface area contributed by atoms with Crippen LogP contribution in [-0.2, 0) is 11.3 Å². The van der Waals surface area contributed by atoms with E-state index in [0.717, 1.165) is 0 Å². The molecule has 0 heterocycles. The molecule has 0 atom stereocenters. The maximum atomic E-state index is 5.89. The van der Waals surface area contributed by atoms with Crippen LogP contribution in [0.2, 0.25) is 0 Å². The average Bonchev–Trinajstić information content (AvgIpc) is 2.37. The van der Waals surface area contributed by atoms with Gasteiger partial charge in [0, 0.05) is 0 Å². The Labute approximate surface area is 116 Å². The zero-order valence-corrected chi connectivity index (χ0v) is 12.2. The summed E-state index contributed by atoms with van der Waals surface area (Å²) >= 11 is 0. The van der Waals surface area contributed by atoms with Gasteiger partial charge in [0.15, 0.2) is 0 Å². The standard InChI is InChI=1S/C18H22O/c1-14-16(13-19-18(2,3)4)11-8-12-17(14)15-9-6-5-7-10-15/h5-12H,13H2,1-4H3. The third-order valence-electron chi connectivity index (χ3n) is 3.19. The Balaban J connectivity index is 2.29. The van der Waals surface area contributed by atoms with Gasteiger partial charge in [0.1, 0.15) is 0 Å². The fourth-order valence-corrected chi connectivity index (χ4v) is 2.06. The van der Waals surface area contributed by atoms with Gasteiger partial charge >= 0.3 is 0 Å². The van der Waals surface area contributed by atoms with Gasteiger partial charge in [0.05, 0.1) is 12.2 Å². The molecule has 0 aliphatic rings. The average molecular weight is 254 g/mol. The lowest BCUT2D eigenvalue weighted by Gasteiger charge is -2.21. The lowest BCUT2D eigenvalue weighted by atomic mass is 9.97. The van der Waals surface area contributed by atoms with E-state index in [1.54, 1.807) is 0 Å². The number of benzene rings is 2. The van der Waals surface area contributed by atoms with E-state index in [0.29, 0.717) is 6.61 Å². The van der Waals surface area contributed by atoms with Crippen LogP contribution in [0.5, 0.6) is 0 Å². The summed E-state index contributed by atoms with van der Waals surface area (Å²) in [7, 11) is 0. The quantitative estimate of drug-likeness (QED) is 0.750. The monoisotopic (exact) mass is 254 g/mol. The fourth-order valence-electron chi connectivity index (χ4n) is 2.06. The Morgan fingerprint density at radius 1 is 0.895 bits per heavy atom. The van der Waals surface area contributed by atoms with Crippen LogP contribution in [-0.4, -0.2) is 5.60 Å². The smallest absolute Gasteiger partial charge is 0.0726 e. The second-order valence-electron chi connectivity index (χ2n) is 5.86. The first-order valence-corrected chi connectivity index (χ1v) is 6.75. The van der Waals surface area contributed by atoms with Crippen molar-refractivity contribution in [2.24, 2.45) is 0 Å². The highest BCUT2D eigenvalue weighted by molar-refractivity contribution is 5.68. The second kappa shape index (κ2) is 5.58. The van der Waals surface area contributed by atoms with Gasteiger partial charge < -0.3 is 4.74 Å². The maximum Gasteiger partial charge on any atom is 0.0726 e. The van der Waals surface area contributed by atoms with Crippen LogP contribution in [0, 0.1) is 6.92 Å². The predicted octanol–water partition coefficient (Wildman–Crippen LogP) is 4.98. The molecular weight excluding hydrogens is 232 g/mol. The molecule has 1 nitrogen and oxygen atoms in total. The molecule has 0 saturated carbocycles. The molecule has 0 aliphatic carbocycles. The van der Waals surface area contributed by atoms with E-state index < -0.39 is 0 Å². The molecule has 19 heavy (non-hydrogen) atoms. The fraction of sp³-hybridized carbons (Fsp3) is 0.333. The summed E-state index contributed by atoms with van der Waals surface area (Å²) in [6.07, 6.45) is 0. The molecule has 0 saturated heterocycles. The third kappa shape index (κ3) is 3.68. The first kappa shape index (κ1) is 13.8. The molecule has 100 valence electrons. The van der Waals surface area contributed by atoms with Crippen LogP contribution in [0.15, 0.2) is 48.5 Å². The van der Waals surface area contributed by atoms with Gasteiger partial charge in [0.2, 0.25) is 0 Å². The summed E-state index contributed by atoms with van der Waals surface area (Å²) in [5.74, 6) is 0. The summed E-state index contributed by atoms with van der Waals surface area (Å²) in [5.41, 5.74) is 5.01. The van der Waals surface area contributed by atoms with Crippen molar-refractivity contribution in [1.82, 2.24) is 0 Å². The highest BCUT2D eigenvalue weighted by atomic mass is 16.5. The number of hydrogen-bond donors (Lipinski definition) is 0. The van der Waals surface area contributed by atoms with Gasteiger partial charge in [-0.3, -0.25) is 0 Å². The van der Waals surface area contributed by atoms with E-state index in [1.165, 1.54) is 22.3 Å². The van der Waals surface area contributed by atoms with Gasteiger partial charge in [-0.05, 0) is 49.9 Å². The minimum absolute atomic E-state index is 0.102. The third-order valence-corrected chi connectivity index (χ3v) is 3.19. The van der Waals surface area contributed by atoms with Gasteiger partial charge in [-0.1, -0.05) is 48.5 Å². The lowest BCUT2D eigenvalue weighted by Crippen LogP contribution is -2.19. The van der Waals surface area contributed by atoms with E-state index in [2.05, 4.69) is 70.2 Å². The SMILES string of the molecule is Cc1c(COC(C)(C)C)cccc1-c1ccccc1. The molecule has 2 aromatic rings. The maximum absolute atomic E-state index is 5.89. The Morgan fingerprint density at radius 3 is 2.21 bits per heavy atom. The molecule has 2 aromatic carbocycles. The van der Waals surface area contributed by atoms with Crippen molar-refractivity contribution in [2.45, 2.75) is 39.9 Å². The minimum Gasteiger partial charge on any atom is -0.371 e. The van der Waals surface area contributed by atoms with Crippen molar-refractivity contribution in [2.75, 3.05) is 0 Å².